The van der Waals surface area contributed by atoms with Gasteiger partial charge in [0.1, 0.15) is 5.82 Å². The van der Waals surface area contributed by atoms with E-state index >= 15 is 0 Å². The Hall–Kier alpha value is -1.42. The van der Waals surface area contributed by atoms with E-state index in [0.29, 0.717) is 11.8 Å². The number of aromatic nitrogens is 1. The molecule has 1 fully saturated rings. The quantitative estimate of drug-likeness (QED) is 0.829. The van der Waals surface area contributed by atoms with Crippen molar-refractivity contribution in [3.05, 3.63) is 23.4 Å². The molecule has 0 radical (unpaired) electrons. The van der Waals surface area contributed by atoms with Crippen molar-refractivity contribution in [1.82, 2.24) is 9.88 Å². The second kappa shape index (κ2) is 5.06. The van der Waals surface area contributed by atoms with Gasteiger partial charge >= 0.3 is 0 Å². The lowest BCUT2D eigenvalue weighted by Crippen LogP contribution is -2.31. The van der Waals surface area contributed by atoms with E-state index in [1.54, 1.807) is 6.92 Å². The zero-order valence-electron chi connectivity index (χ0n) is 11.7. The molecule has 4 heteroatoms. The topological polar surface area (TPSA) is 43.2 Å². The first-order chi connectivity index (χ1) is 8.49. The first-order valence-electron chi connectivity index (χ1n) is 6.43. The number of likely N-dealkylation sites (N-methyl/N-ethyl adjacent to an activating group) is 1. The summed E-state index contributed by atoms with van der Waals surface area (Å²) in [5.74, 6) is 1.01. The largest absolute Gasteiger partial charge is 0.355 e. The van der Waals surface area contributed by atoms with Crippen molar-refractivity contribution in [2.45, 2.75) is 26.3 Å². The fraction of sp³-hybridized carbons (Fsp3) is 0.571. The Labute approximate surface area is 109 Å². The van der Waals surface area contributed by atoms with Gasteiger partial charge in [-0.15, -0.1) is 0 Å². The lowest BCUT2D eigenvalue weighted by Gasteiger charge is -2.21. The predicted molar refractivity (Wildman–Crippen MR) is 75.8 cm³/mol. The summed E-state index contributed by atoms with van der Waals surface area (Å²) >= 11 is 0. The van der Waals surface area contributed by atoms with E-state index in [9.17, 15) is 0 Å². The van der Waals surface area contributed by atoms with E-state index < -0.39 is 0 Å². The number of aryl methyl sites for hydroxylation is 1. The van der Waals surface area contributed by atoms with E-state index in [1.165, 1.54) is 6.42 Å². The lowest BCUT2D eigenvalue weighted by atomic mass is 10.1. The predicted octanol–water partition coefficient (Wildman–Crippen LogP) is 1.92. The molecule has 0 aliphatic carbocycles. The normalized spacial score (nSPS) is 19.6. The van der Waals surface area contributed by atoms with E-state index in [1.807, 2.05) is 6.92 Å². The minimum Gasteiger partial charge on any atom is -0.355 e. The molecule has 1 aliphatic heterocycles. The van der Waals surface area contributed by atoms with E-state index in [-0.39, 0.29) is 0 Å². The summed E-state index contributed by atoms with van der Waals surface area (Å²) in [5, 5.41) is 7.76. The Morgan fingerprint density at radius 1 is 1.44 bits per heavy atom. The van der Waals surface area contributed by atoms with Crippen LogP contribution < -0.4 is 4.90 Å². The van der Waals surface area contributed by atoms with Crippen molar-refractivity contribution >= 4 is 11.5 Å². The molecule has 1 saturated heterocycles. The van der Waals surface area contributed by atoms with Crippen LogP contribution >= 0.6 is 0 Å². The minimum absolute atomic E-state index is 0.540. The van der Waals surface area contributed by atoms with Gasteiger partial charge in [0, 0.05) is 19.1 Å². The maximum absolute atomic E-state index is 7.76. The minimum atomic E-state index is 0.540. The molecular weight excluding hydrogens is 224 g/mol. The SMILES string of the molecule is CC(=N)c1nc(N2CCC(N(C)C)C2)ccc1C. The molecule has 1 atom stereocenters. The highest BCUT2D eigenvalue weighted by Gasteiger charge is 2.25. The molecule has 1 unspecified atom stereocenters. The third kappa shape index (κ3) is 2.53. The molecule has 0 amide bonds. The van der Waals surface area contributed by atoms with E-state index in [2.05, 4.69) is 41.0 Å². The van der Waals surface area contributed by atoms with E-state index in [0.717, 1.165) is 30.2 Å². The highest BCUT2D eigenvalue weighted by Crippen LogP contribution is 2.21. The molecule has 0 aromatic carbocycles. The second-order valence-electron chi connectivity index (χ2n) is 5.31. The fourth-order valence-corrected chi connectivity index (χ4v) is 2.45. The van der Waals surface area contributed by atoms with Crippen LogP contribution in [0.25, 0.3) is 0 Å². The van der Waals surface area contributed by atoms with Crippen LogP contribution in [0.1, 0.15) is 24.6 Å². The van der Waals surface area contributed by atoms with Gasteiger partial charge in [0.15, 0.2) is 0 Å². The molecule has 0 bridgehead atoms. The monoisotopic (exact) mass is 246 g/mol. The molecule has 18 heavy (non-hydrogen) atoms. The van der Waals surface area contributed by atoms with Gasteiger partial charge in [-0.25, -0.2) is 4.98 Å². The van der Waals surface area contributed by atoms with Crippen LogP contribution in [0.3, 0.4) is 0 Å². The zero-order chi connectivity index (χ0) is 13.3. The second-order valence-corrected chi connectivity index (χ2v) is 5.31. The van der Waals surface area contributed by atoms with Crippen molar-refractivity contribution in [2.75, 3.05) is 32.1 Å². The summed E-state index contributed by atoms with van der Waals surface area (Å²) in [6.07, 6.45) is 1.18. The Kier molecular flexibility index (Phi) is 3.66. The average molecular weight is 246 g/mol. The Morgan fingerprint density at radius 3 is 2.72 bits per heavy atom. The van der Waals surface area contributed by atoms with Crippen LogP contribution in [-0.4, -0.2) is 48.8 Å². The van der Waals surface area contributed by atoms with Crippen LogP contribution in [0.15, 0.2) is 12.1 Å². The first-order valence-corrected chi connectivity index (χ1v) is 6.43. The smallest absolute Gasteiger partial charge is 0.129 e. The first kappa shape index (κ1) is 13.0. The van der Waals surface area contributed by atoms with Gasteiger partial charge in [-0.3, -0.25) is 0 Å². The van der Waals surface area contributed by atoms with Crippen molar-refractivity contribution < 1.29 is 0 Å². The van der Waals surface area contributed by atoms with Crippen molar-refractivity contribution in [3.63, 3.8) is 0 Å². The molecule has 98 valence electrons. The number of rotatable bonds is 3. The van der Waals surface area contributed by atoms with Crippen LogP contribution in [0.4, 0.5) is 5.82 Å². The number of pyridine rings is 1. The van der Waals surface area contributed by atoms with Crippen LogP contribution in [0.2, 0.25) is 0 Å². The van der Waals surface area contributed by atoms with Gasteiger partial charge < -0.3 is 15.2 Å². The van der Waals surface area contributed by atoms with Gasteiger partial charge in [0.25, 0.3) is 0 Å². The van der Waals surface area contributed by atoms with Gasteiger partial charge in [-0.1, -0.05) is 6.07 Å². The highest BCUT2D eigenvalue weighted by molar-refractivity contribution is 5.96. The molecule has 1 aromatic rings. The number of anilines is 1. The van der Waals surface area contributed by atoms with Gasteiger partial charge in [0.2, 0.25) is 0 Å². The molecule has 0 saturated carbocycles. The maximum Gasteiger partial charge on any atom is 0.129 e. The Bertz CT molecular complexity index is 453. The molecule has 2 rings (SSSR count). The highest BCUT2D eigenvalue weighted by atomic mass is 15.3. The molecule has 1 aromatic heterocycles. The van der Waals surface area contributed by atoms with Gasteiger partial charge in [-0.05, 0) is 46.0 Å². The van der Waals surface area contributed by atoms with Gasteiger partial charge in [-0.2, -0.15) is 0 Å². The Morgan fingerprint density at radius 2 is 2.17 bits per heavy atom. The van der Waals surface area contributed by atoms with Crippen molar-refractivity contribution in [3.8, 4) is 0 Å². The maximum atomic E-state index is 7.76. The molecule has 1 N–H and O–H groups in total. The molecule has 4 nitrogen and oxygen atoms in total. The summed E-state index contributed by atoms with van der Waals surface area (Å²) in [7, 11) is 4.26. The molecule has 1 aliphatic rings. The van der Waals surface area contributed by atoms with Crippen LogP contribution in [-0.2, 0) is 0 Å². The summed E-state index contributed by atoms with van der Waals surface area (Å²) in [6.45, 7) is 5.89. The van der Waals surface area contributed by atoms with Crippen LogP contribution in [0.5, 0.6) is 0 Å². The lowest BCUT2D eigenvalue weighted by molar-refractivity contribution is 0.315. The van der Waals surface area contributed by atoms with Gasteiger partial charge in [0.05, 0.1) is 11.4 Å². The number of hydrogen-bond acceptors (Lipinski definition) is 4. The standard InChI is InChI=1S/C14H22N4/c1-10-5-6-13(16-14(10)11(2)15)18-8-7-12(9-18)17(3)4/h5-6,12,15H,7-9H2,1-4H3. The summed E-state index contributed by atoms with van der Waals surface area (Å²) < 4.78 is 0. The summed E-state index contributed by atoms with van der Waals surface area (Å²) in [6, 6.07) is 4.75. The zero-order valence-corrected chi connectivity index (χ0v) is 11.7. The van der Waals surface area contributed by atoms with E-state index in [4.69, 9.17) is 5.41 Å². The number of hydrogen-bond donors (Lipinski definition) is 1. The fourth-order valence-electron chi connectivity index (χ4n) is 2.45. The van der Waals surface area contributed by atoms with Crippen molar-refractivity contribution in [1.29, 1.82) is 5.41 Å². The number of nitrogens with zero attached hydrogens (tertiary/aromatic N) is 3. The third-order valence-corrected chi connectivity index (χ3v) is 3.66. The summed E-state index contributed by atoms with van der Waals surface area (Å²) in [5.41, 5.74) is 2.44. The Balaban J connectivity index is 2.20. The number of nitrogens with one attached hydrogen (secondary N) is 1. The van der Waals surface area contributed by atoms with Crippen molar-refractivity contribution in [2.24, 2.45) is 0 Å². The molecule has 2 heterocycles. The molecule has 0 spiro atoms. The average Bonchev–Trinajstić information content (AvgIpc) is 2.78. The molecular formula is C14H22N4. The summed E-state index contributed by atoms with van der Waals surface area (Å²) in [4.78, 5) is 9.22. The van der Waals surface area contributed by atoms with Crippen LogP contribution in [0, 0.1) is 12.3 Å². The third-order valence-electron chi connectivity index (χ3n) is 3.66.